The molecule has 130 valence electrons. The average molecular weight is 339 g/mol. The van der Waals surface area contributed by atoms with Crippen LogP contribution in [0.1, 0.15) is 35.2 Å². The lowest BCUT2D eigenvalue weighted by molar-refractivity contribution is -0.142. The number of carboxylic acid groups (broad SMARTS) is 1. The van der Waals surface area contributed by atoms with Gasteiger partial charge in [0.1, 0.15) is 6.04 Å². The van der Waals surface area contributed by atoms with E-state index in [0.717, 1.165) is 24.8 Å². The molecular weight excluding hydrogens is 318 g/mol. The summed E-state index contributed by atoms with van der Waals surface area (Å²) in [5, 5.41) is 13.9. The van der Waals surface area contributed by atoms with Gasteiger partial charge in [0.25, 0.3) is 5.91 Å². The zero-order chi connectivity index (χ0) is 17.4. The Hall–Kier alpha value is -2.63. The zero-order valence-corrected chi connectivity index (χ0v) is 13.9. The van der Waals surface area contributed by atoms with E-state index in [2.05, 4.69) is 5.10 Å². The molecule has 3 atom stereocenters. The van der Waals surface area contributed by atoms with Crippen LogP contribution in [0.2, 0.25) is 0 Å². The van der Waals surface area contributed by atoms with Crippen molar-refractivity contribution in [1.29, 1.82) is 0 Å². The summed E-state index contributed by atoms with van der Waals surface area (Å²) in [5.41, 5.74) is 1.56. The molecule has 1 aromatic heterocycles. The molecule has 1 saturated carbocycles. The zero-order valence-electron chi connectivity index (χ0n) is 13.9. The maximum absolute atomic E-state index is 12.9. The first kappa shape index (κ1) is 15.9. The average Bonchev–Trinajstić information content (AvgIpc) is 3.29. The third-order valence-electron chi connectivity index (χ3n) is 5.47. The molecule has 2 fully saturated rings. The number of rotatable bonds is 4. The number of carbonyl (C=O) groups is 2. The first-order valence-corrected chi connectivity index (χ1v) is 8.73. The smallest absolute Gasteiger partial charge is 0.326 e. The van der Waals surface area contributed by atoms with E-state index in [-0.39, 0.29) is 11.8 Å². The van der Waals surface area contributed by atoms with Crippen molar-refractivity contribution in [3.8, 4) is 0 Å². The minimum Gasteiger partial charge on any atom is -0.480 e. The predicted molar refractivity (Wildman–Crippen MR) is 91.1 cm³/mol. The normalized spacial score (nSPS) is 25.1. The molecule has 1 aliphatic heterocycles. The Morgan fingerprint density at radius 2 is 2.00 bits per heavy atom. The lowest BCUT2D eigenvalue weighted by Gasteiger charge is -2.23. The van der Waals surface area contributed by atoms with Crippen LogP contribution in [-0.4, -0.2) is 44.3 Å². The van der Waals surface area contributed by atoms with E-state index in [4.69, 9.17) is 0 Å². The second-order valence-electron chi connectivity index (χ2n) is 7.01. The third kappa shape index (κ3) is 2.92. The molecule has 1 aromatic carbocycles. The highest BCUT2D eigenvalue weighted by molar-refractivity contribution is 5.96. The van der Waals surface area contributed by atoms with Gasteiger partial charge in [-0.05, 0) is 30.2 Å². The number of aliphatic carboxylic acids is 1. The van der Waals surface area contributed by atoms with Crippen LogP contribution in [0.3, 0.4) is 0 Å². The fourth-order valence-corrected chi connectivity index (χ4v) is 4.33. The molecule has 2 aromatic rings. The number of fused-ring (bicyclic) bond motifs is 1. The molecule has 4 rings (SSSR count). The second-order valence-corrected chi connectivity index (χ2v) is 7.01. The lowest BCUT2D eigenvalue weighted by atomic mass is 9.94. The van der Waals surface area contributed by atoms with Crippen LogP contribution in [0.4, 0.5) is 0 Å². The van der Waals surface area contributed by atoms with Gasteiger partial charge < -0.3 is 10.0 Å². The topological polar surface area (TPSA) is 75.4 Å². The van der Waals surface area contributed by atoms with Crippen LogP contribution in [-0.2, 0) is 11.3 Å². The molecule has 1 aliphatic carbocycles. The highest BCUT2D eigenvalue weighted by atomic mass is 16.4. The van der Waals surface area contributed by atoms with E-state index >= 15 is 0 Å². The van der Waals surface area contributed by atoms with E-state index in [1.165, 1.54) is 6.20 Å². The number of hydrogen-bond donors (Lipinski definition) is 1. The quantitative estimate of drug-likeness (QED) is 0.927. The van der Waals surface area contributed by atoms with Crippen molar-refractivity contribution in [3.05, 3.63) is 53.9 Å². The van der Waals surface area contributed by atoms with Gasteiger partial charge in [0.05, 0.1) is 18.3 Å². The van der Waals surface area contributed by atoms with Crippen molar-refractivity contribution >= 4 is 11.9 Å². The Labute approximate surface area is 146 Å². The minimum atomic E-state index is -0.889. The molecular formula is C19H21N3O3. The number of likely N-dealkylation sites (tertiary alicyclic amines) is 1. The summed E-state index contributed by atoms with van der Waals surface area (Å²) in [6.45, 7) is 1.13. The van der Waals surface area contributed by atoms with Crippen molar-refractivity contribution in [2.75, 3.05) is 6.54 Å². The number of hydrogen-bond acceptors (Lipinski definition) is 3. The maximum Gasteiger partial charge on any atom is 0.326 e. The van der Waals surface area contributed by atoms with Gasteiger partial charge in [-0.1, -0.05) is 36.8 Å². The molecule has 25 heavy (non-hydrogen) atoms. The van der Waals surface area contributed by atoms with Crippen molar-refractivity contribution in [1.82, 2.24) is 14.7 Å². The first-order valence-electron chi connectivity index (χ1n) is 8.73. The highest BCUT2D eigenvalue weighted by Crippen LogP contribution is 2.42. The monoisotopic (exact) mass is 339 g/mol. The van der Waals surface area contributed by atoms with Gasteiger partial charge in [0, 0.05) is 12.7 Å². The third-order valence-corrected chi connectivity index (χ3v) is 5.47. The van der Waals surface area contributed by atoms with Crippen LogP contribution in [0.5, 0.6) is 0 Å². The summed E-state index contributed by atoms with van der Waals surface area (Å²) in [6.07, 6.45) is 6.24. The van der Waals surface area contributed by atoms with Crippen LogP contribution >= 0.6 is 0 Å². The van der Waals surface area contributed by atoms with Crippen LogP contribution < -0.4 is 0 Å². The molecule has 1 N–H and O–H groups in total. The maximum atomic E-state index is 12.9. The molecule has 2 heterocycles. The van der Waals surface area contributed by atoms with Gasteiger partial charge in [-0.25, -0.2) is 4.79 Å². The second kappa shape index (κ2) is 6.35. The fourth-order valence-electron chi connectivity index (χ4n) is 4.33. The van der Waals surface area contributed by atoms with Crippen molar-refractivity contribution in [2.24, 2.45) is 11.8 Å². The molecule has 6 nitrogen and oxygen atoms in total. The number of amides is 1. The largest absolute Gasteiger partial charge is 0.480 e. The van der Waals surface area contributed by atoms with Gasteiger partial charge >= 0.3 is 5.97 Å². The molecule has 6 heteroatoms. The number of carbonyl (C=O) groups excluding carboxylic acids is 1. The summed E-state index contributed by atoms with van der Waals surface area (Å²) in [6, 6.07) is 9.20. The minimum absolute atomic E-state index is 0.0980. The number of carboxylic acids is 1. The van der Waals surface area contributed by atoms with E-state index in [0.29, 0.717) is 24.6 Å². The standard InChI is InChI=1S/C19H21N3O3/c23-18(22-12-14-7-4-8-16(14)17(22)19(24)25)15-9-20-21(11-15)10-13-5-2-1-3-6-13/h1-3,5-6,9,11,14,16-17H,4,7-8,10,12H2,(H,24,25). The van der Waals surface area contributed by atoms with Crippen molar-refractivity contribution < 1.29 is 14.7 Å². The Bertz CT molecular complexity index is 786. The fraction of sp³-hybridized carbons (Fsp3) is 0.421. The highest BCUT2D eigenvalue weighted by Gasteiger charge is 2.49. The number of benzene rings is 1. The SMILES string of the molecule is O=C(O)C1C2CCCC2CN1C(=O)c1cnn(Cc2ccccc2)c1. The molecule has 0 spiro atoms. The number of aromatic nitrogens is 2. The molecule has 1 amide bonds. The van der Waals surface area contributed by atoms with Crippen LogP contribution in [0, 0.1) is 11.8 Å². The summed E-state index contributed by atoms with van der Waals surface area (Å²) in [4.78, 5) is 26.1. The molecule has 3 unspecified atom stereocenters. The summed E-state index contributed by atoms with van der Waals surface area (Å²) >= 11 is 0. The summed E-state index contributed by atoms with van der Waals surface area (Å²) in [5.74, 6) is -0.689. The van der Waals surface area contributed by atoms with Gasteiger partial charge in [0.15, 0.2) is 0 Å². The number of nitrogens with zero attached hydrogens (tertiary/aromatic N) is 3. The Morgan fingerprint density at radius 1 is 1.20 bits per heavy atom. The van der Waals surface area contributed by atoms with Crippen molar-refractivity contribution in [2.45, 2.75) is 31.8 Å². The van der Waals surface area contributed by atoms with Gasteiger partial charge in [0.2, 0.25) is 0 Å². The van der Waals surface area contributed by atoms with E-state index in [1.807, 2.05) is 30.3 Å². The van der Waals surface area contributed by atoms with E-state index in [9.17, 15) is 14.7 Å². The van der Waals surface area contributed by atoms with E-state index in [1.54, 1.807) is 15.8 Å². The van der Waals surface area contributed by atoms with Gasteiger partial charge in [-0.2, -0.15) is 5.10 Å². The molecule has 2 aliphatic rings. The summed E-state index contributed by atoms with van der Waals surface area (Å²) in [7, 11) is 0. The Morgan fingerprint density at radius 3 is 2.76 bits per heavy atom. The Kier molecular flexibility index (Phi) is 4.03. The lowest BCUT2D eigenvalue weighted by Crippen LogP contribution is -2.43. The molecule has 0 radical (unpaired) electrons. The predicted octanol–water partition coefficient (Wildman–Crippen LogP) is 2.26. The first-order chi connectivity index (χ1) is 12.1. The van der Waals surface area contributed by atoms with Crippen molar-refractivity contribution in [3.63, 3.8) is 0 Å². The molecule has 1 saturated heterocycles. The van der Waals surface area contributed by atoms with Crippen LogP contribution in [0.25, 0.3) is 0 Å². The Balaban J connectivity index is 1.52. The van der Waals surface area contributed by atoms with Gasteiger partial charge in [-0.3, -0.25) is 9.48 Å². The van der Waals surface area contributed by atoms with E-state index < -0.39 is 12.0 Å². The van der Waals surface area contributed by atoms with Gasteiger partial charge in [-0.15, -0.1) is 0 Å². The molecule has 0 bridgehead atoms. The summed E-state index contributed by atoms with van der Waals surface area (Å²) < 4.78 is 1.72. The van der Waals surface area contributed by atoms with Crippen LogP contribution in [0.15, 0.2) is 42.7 Å².